The molecule has 2 heterocycles. The number of sulfonamides is 1. The van der Waals surface area contributed by atoms with Gasteiger partial charge in [0.25, 0.3) is 5.91 Å². The van der Waals surface area contributed by atoms with Gasteiger partial charge in [0.15, 0.2) is 0 Å². The Kier molecular flexibility index (Phi) is 7.55. The van der Waals surface area contributed by atoms with E-state index in [1.807, 2.05) is 18.3 Å². The fourth-order valence-electron chi connectivity index (χ4n) is 3.46. The van der Waals surface area contributed by atoms with E-state index in [0.29, 0.717) is 34.7 Å². The van der Waals surface area contributed by atoms with E-state index >= 15 is 0 Å². The van der Waals surface area contributed by atoms with Crippen molar-refractivity contribution in [2.45, 2.75) is 25.7 Å². The molecule has 0 spiro atoms. The molecule has 4 N–H and O–H groups in total. The number of hydrogen-bond acceptors (Lipinski definition) is 9. The number of carbonyl (C=O) groups excluding carboxylic acids is 1. The van der Waals surface area contributed by atoms with Gasteiger partial charge < -0.3 is 15.4 Å². The zero-order valence-corrected chi connectivity index (χ0v) is 21.0. The number of benzene rings is 1. The molecule has 0 aliphatic heterocycles. The van der Waals surface area contributed by atoms with Gasteiger partial charge in [-0.1, -0.05) is 6.07 Å². The molecule has 0 unspecified atom stereocenters. The molecule has 190 valence electrons. The molecule has 1 aromatic carbocycles. The van der Waals surface area contributed by atoms with E-state index in [1.54, 1.807) is 25.1 Å². The van der Waals surface area contributed by atoms with Crippen molar-refractivity contribution in [1.82, 2.24) is 15.4 Å². The SMILES string of the molecule is CCONC(=O)c1cnc(Nc2ccc(C3CC3)cn2)cc1Nc1ccc(OC)cc1NS(C)(=O)=O. The summed E-state index contributed by atoms with van der Waals surface area (Å²) < 4.78 is 31.6. The number of amides is 1. The number of hydrogen-bond donors (Lipinski definition) is 4. The molecule has 2 aromatic heterocycles. The van der Waals surface area contributed by atoms with Crippen LogP contribution in [0.1, 0.15) is 41.6 Å². The van der Waals surface area contributed by atoms with E-state index in [9.17, 15) is 13.2 Å². The van der Waals surface area contributed by atoms with E-state index in [4.69, 9.17) is 9.57 Å². The molecule has 3 aromatic rings. The van der Waals surface area contributed by atoms with E-state index < -0.39 is 15.9 Å². The van der Waals surface area contributed by atoms with Crippen LogP contribution in [-0.4, -0.2) is 44.3 Å². The van der Waals surface area contributed by atoms with Crippen LogP contribution >= 0.6 is 0 Å². The number of hydroxylamine groups is 1. The summed E-state index contributed by atoms with van der Waals surface area (Å²) in [6, 6.07) is 10.4. The highest BCUT2D eigenvalue weighted by molar-refractivity contribution is 7.92. The van der Waals surface area contributed by atoms with Crippen LogP contribution in [0.3, 0.4) is 0 Å². The van der Waals surface area contributed by atoms with Gasteiger partial charge >= 0.3 is 0 Å². The predicted octanol–water partition coefficient (Wildman–Crippen LogP) is 3.90. The van der Waals surface area contributed by atoms with Crippen molar-refractivity contribution < 1.29 is 22.8 Å². The van der Waals surface area contributed by atoms with Crippen molar-refractivity contribution in [3.63, 3.8) is 0 Å². The molecule has 11 nitrogen and oxygen atoms in total. The maximum absolute atomic E-state index is 12.7. The average Bonchev–Trinajstić information content (AvgIpc) is 3.69. The predicted molar refractivity (Wildman–Crippen MR) is 138 cm³/mol. The lowest BCUT2D eigenvalue weighted by atomic mass is 10.2. The first kappa shape index (κ1) is 25.2. The van der Waals surface area contributed by atoms with Crippen LogP contribution in [0.5, 0.6) is 5.75 Å². The Morgan fingerprint density at radius 2 is 1.78 bits per heavy atom. The van der Waals surface area contributed by atoms with Crippen LogP contribution < -0.4 is 25.6 Å². The first-order valence-corrected chi connectivity index (χ1v) is 13.2. The molecule has 1 saturated carbocycles. The normalized spacial score (nSPS) is 13.1. The second-order valence-corrected chi connectivity index (χ2v) is 10.0. The summed E-state index contributed by atoms with van der Waals surface area (Å²) in [6.45, 7) is 2.03. The minimum Gasteiger partial charge on any atom is -0.497 e. The number of nitrogens with zero attached hydrogens (tertiary/aromatic N) is 2. The third kappa shape index (κ3) is 6.61. The maximum Gasteiger partial charge on any atom is 0.278 e. The molecule has 1 fully saturated rings. The fourth-order valence-corrected chi connectivity index (χ4v) is 4.03. The second-order valence-electron chi connectivity index (χ2n) is 8.27. The Hall–Kier alpha value is -3.90. The van der Waals surface area contributed by atoms with Gasteiger partial charge in [-0.2, -0.15) is 0 Å². The third-order valence-electron chi connectivity index (χ3n) is 5.34. The molecule has 0 bridgehead atoms. The third-order valence-corrected chi connectivity index (χ3v) is 5.93. The van der Waals surface area contributed by atoms with Crippen molar-refractivity contribution in [3.8, 4) is 5.75 Å². The van der Waals surface area contributed by atoms with Crippen LogP contribution in [0.15, 0.2) is 48.8 Å². The highest BCUT2D eigenvalue weighted by Crippen LogP contribution is 2.40. The van der Waals surface area contributed by atoms with Gasteiger partial charge in [0.05, 0.1) is 42.6 Å². The summed E-state index contributed by atoms with van der Waals surface area (Å²) in [6.07, 6.45) is 6.68. The van der Waals surface area contributed by atoms with Crippen LogP contribution in [-0.2, 0) is 14.9 Å². The largest absolute Gasteiger partial charge is 0.497 e. The van der Waals surface area contributed by atoms with Crippen molar-refractivity contribution >= 4 is 44.6 Å². The number of anilines is 5. The highest BCUT2D eigenvalue weighted by atomic mass is 32.2. The Balaban J connectivity index is 1.66. The Morgan fingerprint density at radius 1 is 1.00 bits per heavy atom. The van der Waals surface area contributed by atoms with Crippen molar-refractivity contribution in [3.05, 3.63) is 59.9 Å². The maximum atomic E-state index is 12.7. The summed E-state index contributed by atoms with van der Waals surface area (Å²) in [5, 5.41) is 6.27. The number of rotatable bonds is 11. The van der Waals surface area contributed by atoms with Gasteiger partial charge in [-0.05, 0) is 49.4 Å². The molecule has 0 radical (unpaired) electrons. The van der Waals surface area contributed by atoms with Crippen molar-refractivity contribution in [2.24, 2.45) is 0 Å². The molecule has 1 amide bonds. The zero-order valence-electron chi connectivity index (χ0n) is 20.2. The summed E-state index contributed by atoms with van der Waals surface area (Å²) in [7, 11) is -2.11. The van der Waals surface area contributed by atoms with Crippen LogP contribution in [0.25, 0.3) is 0 Å². The standard InChI is InChI=1S/C24H28N6O5S/c1-4-35-29-24(31)18-14-26-23(28-22-10-7-16(13-25-22)15-5-6-15)12-20(18)27-19-9-8-17(34-2)11-21(19)30-36(3,32)33/h7-15,30H,4-6H2,1-3H3,(H,29,31)(H2,25,26,27,28). The van der Waals surface area contributed by atoms with Crippen LogP contribution in [0.4, 0.5) is 28.7 Å². The number of nitrogens with one attached hydrogen (secondary N) is 4. The van der Waals surface area contributed by atoms with Gasteiger partial charge in [-0.3, -0.25) is 14.4 Å². The number of carbonyl (C=O) groups is 1. The Labute approximate surface area is 209 Å². The van der Waals surface area contributed by atoms with Crippen LogP contribution in [0.2, 0.25) is 0 Å². The lowest BCUT2D eigenvalue weighted by Gasteiger charge is -2.17. The zero-order chi connectivity index (χ0) is 25.7. The summed E-state index contributed by atoms with van der Waals surface area (Å²) in [4.78, 5) is 26.6. The smallest absolute Gasteiger partial charge is 0.278 e. The first-order chi connectivity index (χ1) is 17.3. The number of methoxy groups -OCH3 is 1. The lowest BCUT2D eigenvalue weighted by Crippen LogP contribution is -2.24. The fraction of sp³-hybridized carbons (Fsp3) is 0.292. The minimum absolute atomic E-state index is 0.187. The molecule has 1 aliphatic carbocycles. The molecule has 4 rings (SSSR count). The number of aromatic nitrogens is 2. The van der Waals surface area contributed by atoms with Crippen LogP contribution in [0, 0.1) is 0 Å². The Bertz CT molecular complexity index is 1340. The van der Waals surface area contributed by atoms with Gasteiger partial charge in [0.1, 0.15) is 17.4 Å². The summed E-state index contributed by atoms with van der Waals surface area (Å²) in [5.74, 6) is 1.58. The van der Waals surface area contributed by atoms with E-state index in [-0.39, 0.29) is 17.9 Å². The average molecular weight is 513 g/mol. The minimum atomic E-state index is -3.59. The number of ether oxygens (including phenoxy) is 1. The van der Waals surface area contributed by atoms with Crippen molar-refractivity contribution in [1.29, 1.82) is 0 Å². The molecule has 36 heavy (non-hydrogen) atoms. The summed E-state index contributed by atoms with van der Waals surface area (Å²) >= 11 is 0. The molecule has 1 aliphatic rings. The summed E-state index contributed by atoms with van der Waals surface area (Å²) in [5.41, 5.74) is 4.76. The lowest BCUT2D eigenvalue weighted by molar-refractivity contribution is 0.0365. The quantitative estimate of drug-likeness (QED) is 0.281. The van der Waals surface area contributed by atoms with E-state index in [2.05, 4.69) is 30.8 Å². The topological polar surface area (TPSA) is 144 Å². The van der Waals surface area contributed by atoms with Crippen molar-refractivity contribution in [2.75, 3.05) is 35.3 Å². The van der Waals surface area contributed by atoms with Gasteiger partial charge in [-0.25, -0.2) is 23.9 Å². The molecule has 0 saturated heterocycles. The van der Waals surface area contributed by atoms with E-state index in [0.717, 1.165) is 6.26 Å². The molecule has 12 heteroatoms. The second kappa shape index (κ2) is 10.8. The Morgan fingerprint density at radius 3 is 2.42 bits per heavy atom. The highest BCUT2D eigenvalue weighted by Gasteiger charge is 2.23. The van der Waals surface area contributed by atoms with Gasteiger partial charge in [0.2, 0.25) is 10.0 Å². The van der Waals surface area contributed by atoms with E-state index in [1.165, 1.54) is 37.8 Å². The van der Waals surface area contributed by atoms with Gasteiger partial charge in [-0.15, -0.1) is 0 Å². The molecule has 0 atom stereocenters. The first-order valence-electron chi connectivity index (χ1n) is 11.3. The number of pyridine rings is 2. The molecular formula is C24H28N6O5S. The van der Waals surface area contributed by atoms with Gasteiger partial charge in [0, 0.05) is 24.5 Å². The molecular weight excluding hydrogens is 484 g/mol. The monoisotopic (exact) mass is 512 g/mol.